The molecule has 2 rings (SSSR count). The topological polar surface area (TPSA) is 106 Å². The number of ether oxygens (including phenoxy) is 2. The molecule has 1 aliphatic heterocycles. The van der Waals surface area contributed by atoms with Gasteiger partial charge in [-0.3, -0.25) is 9.69 Å². The van der Waals surface area contributed by atoms with Gasteiger partial charge in [-0.2, -0.15) is 0 Å². The lowest BCUT2D eigenvalue weighted by Crippen LogP contribution is -2.42. The largest absolute Gasteiger partial charge is 0.494 e. The van der Waals surface area contributed by atoms with Crippen LogP contribution in [0.15, 0.2) is 24.3 Å². The minimum atomic E-state index is -0.525. The third-order valence-corrected chi connectivity index (χ3v) is 3.81. The van der Waals surface area contributed by atoms with Crippen LogP contribution in [0.2, 0.25) is 0 Å². The molecule has 0 aromatic heterocycles. The summed E-state index contributed by atoms with van der Waals surface area (Å²) in [5.41, 5.74) is 5.10. The number of nitrogens with two attached hydrogens (primary N) is 1. The first-order chi connectivity index (χ1) is 12.1. The molecule has 1 saturated heterocycles. The van der Waals surface area contributed by atoms with Crippen LogP contribution >= 0.6 is 0 Å². The lowest BCUT2D eigenvalue weighted by molar-refractivity contribution is -0.122. The van der Waals surface area contributed by atoms with Crippen molar-refractivity contribution in [1.29, 1.82) is 0 Å². The summed E-state index contributed by atoms with van der Waals surface area (Å²) in [6.07, 6.45) is 0.803. The molecule has 138 valence electrons. The van der Waals surface area contributed by atoms with Crippen molar-refractivity contribution in [3.8, 4) is 11.5 Å². The maximum atomic E-state index is 11.9. The Morgan fingerprint density at radius 2 is 1.92 bits per heavy atom. The van der Waals surface area contributed by atoms with E-state index in [1.807, 2.05) is 36.1 Å². The predicted octanol–water partition coefficient (Wildman–Crippen LogP) is 0.323. The lowest BCUT2D eigenvalue weighted by Gasteiger charge is -2.16. The van der Waals surface area contributed by atoms with Crippen LogP contribution in [0, 0.1) is 0 Å². The molecule has 0 bridgehead atoms. The number of urea groups is 1. The van der Waals surface area contributed by atoms with Gasteiger partial charge < -0.3 is 25.8 Å². The van der Waals surface area contributed by atoms with Crippen LogP contribution in [0.25, 0.3) is 0 Å². The molecule has 0 unspecified atom stereocenters. The van der Waals surface area contributed by atoms with Crippen LogP contribution in [0.4, 0.5) is 4.79 Å². The Morgan fingerprint density at radius 1 is 1.24 bits per heavy atom. The van der Waals surface area contributed by atoms with E-state index in [4.69, 9.17) is 15.2 Å². The van der Waals surface area contributed by atoms with E-state index in [0.717, 1.165) is 24.5 Å². The number of likely N-dealkylation sites (tertiary alicyclic amines) is 1. The molecular formula is C17H26N4O4. The normalized spacial score (nSPS) is 17.1. The molecule has 1 aliphatic rings. The fourth-order valence-corrected chi connectivity index (χ4v) is 2.71. The fourth-order valence-electron chi connectivity index (χ4n) is 2.71. The first-order valence-electron chi connectivity index (χ1n) is 8.47. The van der Waals surface area contributed by atoms with Crippen molar-refractivity contribution >= 4 is 11.9 Å². The van der Waals surface area contributed by atoms with E-state index in [0.29, 0.717) is 32.8 Å². The van der Waals surface area contributed by atoms with Gasteiger partial charge in [0.15, 0.2) is 0 Å². The van der Waals surface area contributed by atoms with Gasteiger partial charge in [-0.1, -0.05) is 0 Å². The molecule has 3 amide bonds. The number of carbonyl (C=O) groups is 2. The van der Waals surface area contributed by atoms with Gasteiger partial charge in [0.1, 0.15) is 18.1 Å². The number of nitrogens with one attached hydrogen (secondary N) is 2. The molecule has 0 saturated carbocycles. The van der Waals surface area contributed by atoms with Gasteiger partial charge in [-0.05, 0) is 37.6 Å². The van der Waals surface area contributed by atoms with Crippen molar-refractivity contribution in [2.45, 2.75) is 19.4 Å². The quantitative estimate of drug-likeness (QED) is 0.556. The number of nitrogens with zero attached hydrogens (tertiary/aromatic N) is 1. The van der Waals surface area contributed by atoms with Gasteiger partial charge in [-0.25, -0.2) is 4.79 Å². The molecule has 8 nitrogen and oxygen atoms in total. The summed E-state index contributed by atoms with van der Waals surface area (Å²) in [6.45, 7) is 5.10. The second kappa shape index (κ2) is 9.73. The Morgan fingerprint density at radius 3 is 2.56 bits per heavy atom. The summed E-state index contributed by atoms with van der Waals surface area (Å²) in [5.74, 6) is 1.48. The average molecular weight is 350 g/mol. The van der Waals surface area contributed by atoms with Gasteiger partial charge in [-0.15, -0.1) is 0 Å². The van der Waals surface area contributed by atoms with Crippen molar-refractivity contribution in [2.75, 3.05) is 39.4 Å². The molecule has 1 fully saturated rings. The zero-order valence-electron chi connectivity index (χ0n) is 14.5. The molecule has 1 aromatic rings. The third kappa shape index (κ3) is 6.88. The van der Waals surface area contributed by atoms with Gasteiger partial charge in [0.2, 0.25) is 5.91 Å². The summed E-state index contributed by atoms with van der Waals surface area (Å²) in [7, 11) is 0. The van der Waals surface area contributed by atoms with Gasteiger partial charge in [0, 0.05) is 19.1 Å². The van der Waals surface area contributed by atoms with Crippen LogP contribution in [-0.2, 0) is 4.79 Å². The molecule has 0 radical (unpaired) electrons. The Bertz CT molecular complexity index is 564. The highest BCUT2D eigenvalue weighted by atomic mass is 16.5. The Hall–Kier alpha value is -2.48. The number of amides is 3. The summed E-state index contributed by atoms with van der Waals surface area (Å²) in [4.78, 5) is 24.7. The highest BCUT2D eigenvalue weighted by Gasteiger charge is 2.24. The van der Waals surface area contributed by atoms with E-state index in [1.165, 1.54) is 0 Å². The maximum Gasteiger partial charge on any atom is 0.312 e. The second-order valence-electron chi connectivity index (χ2n) is 5.83. The fraction of sp³-hybridized carbons (Fsp3) is 0.529. The first-order valence-corrected chi connectivity index (χ1v) is 8.47. The maximum absolute atomic E-state index is 11.9. The lowest BCUT2D eigenvalue weighted by atomic mass is 10.3. The number of rotatable bonds is 9. The second-order valence-corrected chi connectivity index (χ2v) is 5.83. The number of benzene rings is 1. The van der Waals surface area contributed by atoms with Gasteiger partial charge in [0.25, 0.3) is 0 Å². The van der Waals surface area contributed by atoms with Crippen LogP contribution < -0.4 is 25.8 Å². The minimum absolute atomic E-state index is 0.0216. The van der Waals surface area contributed by atoms with E-state index < -0.39 is 6.03 Å². The molecule has 1 atom stereocenters. The molecule has 0 spiro atoms. The van der Waals surface area contributed by atoms with E-state index in [-0.39, 0.29) is 11.9 Å². The standard InChI is InChI=1S/C17H26N4O4/c1-2-24-14-3-5-15(6-4-14)25-10-8-19-16(22)12-21-9-7-13(11-21)20-17(18)23/h3-6,13H,2,7-12H2,1H3,(H,19,22)(H3,18,20,23)/t13-/m1/s1. The van der Waals surface area contributed by atoms with E-state index in [2.05, 4.69) is 10.6 Å². The highest BCUT2D eigenvalue weighted by molar-refractivity contribution is 5.78. The Balaban J connectivity index is 1.58. The summed E-state index contributed by atoms with van der Waals surface area (Å²) < 4.78 is 10.9. The van der Waals surface area contributed by atoms with Crippen LogP contribution in [0.1, 0.15) is 13.3 Å². The van der Waals surface area contributed by atoms with Gasteiger partial charge in [0.05, 0.1) is 19.7 Å². The van der Waals surface area contributed by atoms with Crippen LogP contribution in [0.5, 0.6) is 11.5 Å². The molecule has 0 aliphatic carbocycles. The third-order valence-electron chi connectivity index (χ3n) is 3.81. The zero-order valence-corrected chi connectivity index (χ0v) is 14.5. The SMILES string of the molecule is CCOc1ccc(OCCNC(=O)CN2CC[C@@H](NC(N)=O)C2)cc1. The highest BCUT2D eigenvalue weighted by Crippen LogP contribution is 2.17. The first kappa shape index (κ1) is 18.9. The molecule has 25 heavy (non-hydrogen) atoms. The van der Waals surface area contributed by atoms with Crippen molar-refractivity contribution in [3.05, 3.63) is 24.3 Å². The molecule has 8 heteroatoms. The molecular weight excluding hydrogens is 324 g/mol. The van der Waals surface area contributed by atoms with Crippen LogP contribution in [-0.4, -0.2) is 62.3 Å². The summed E-state index contributed by atoms with van der Waals surface area (Å²) >= 11 is 0. The monoisotopic (exact) mass is 350 g/mol. The molecule has 4 N–H and O–H groups in total. The molecule has 1 aromatic carbocycles. The summed E-state index contributed by atoms with van der Waals surface area (Å²) in [5, 5.41) is 5.49. The Kier molecular flexibility index (Phi) is 7.34. The van der Waals surface area contributed by atoms with Crippen LogP contribution in [0.3, 0.4) is 0 Å². The smallest absolute Gasteiger partial charge is 0.312 e. The van der Waals surface area contributed by atoms with E-state index >= 15 is 0 Å². The molecule has 1 heterocycles. The number of hydrogen-bond acceptors (Lipinski definition) is 5. The summed E-state index contributed by atoms with van der Waals surface area (Å²) in [6, 6.07) is 6.87. The zero-order chi connectivity index (χ0) is 18.1. The predicted molar refractivity (Wildman–Crippen MR) is 93.7 cm³/mol. The van der Waals surface area contributed by atoms with E-state index in [9.17, 15) is 9.59 Å². The average Bonchev–Trinajstić information content (AvgIpc) is 2.99. The number of carbonyl (C=O) groups excluding carboxylic acids is 2. The van der Waals surface area contributed by atoms with Crippen molar-refractivity contribution in [2.24, 2.45) is 5.73 Å². The van der Waals surface area contributed by atoms with Crippen molar-refractivity contribution in [1.82, 2.24) is 15.5 Å². The van der Waals surface area contributed by atoms with Crippen molar-refractivity contribution in [3.63, 3.8) is 0 Å². The van der Waals surface area contributed by atoms with Crippen molar-refractivity contribution < 1.29 is 19.1 Å². The Labute approximate surface area is 147 Å². The minimum Gasteiger partial charge on any atom is -0.494 e. The van der Waals surface area contributed by atoms with Gasteiger partial charge >= 0.3 is 6.03 Å². The van der Waals surface area contributed by atoms with E-state index in [1.54, 1.807) is 0 Å². The number of primary amides is 1. The number of hydrogen-bond donors (Lipinski definition) is 3.